The molecule has 1 saturated heterocycles. The summed E-state index contributed by atoms with van der Waals surface area (Å²) in [6.07, 6.45) is -4.68. The summed E-state index contributed by atoms with van der Waals surface area (Å²) < 4.78 is 36.6. The number of hydrogen-bond donors (Lipinski definition) is 1. The Morgan fingerprint density at radius 3 is 2.47 bits per heavy atom. The number of likely N-dealkylation sites (tertiary alicyclic amines) is 1. The topological polar surface area (TPSA) is 57.6 Å². The van der Waals surface area contributed by atoms with Gasteiger partial charge in [-0.25, -0.2) is 0 Å². The maximum atomic E-state index is 12.2. The zero-order valence-electron chi connectivity index (χ0n) is 9.33. The van der Waals surface area contributed by atoms with Crippen molar-refractivity contribution in [1.82, 2.24) is 4.90 Å². The fourth-order valence-electron chi connectivity index (χ4n) is 2.00. The summed E-state index contributed by atoms with van der Waals surface area (Å²) >= 11 is 0. The fourth-order valence-corrected chi connectivity index (χ4v) is 2.00. The minimum absolute atomic E-state index is 0.0170. The van der Waals surface area contributed by atoms with Gasteiger partial charge in [-0.3, -0.25) is 9.59 Å². The number of piperidine rings is 1. The molecule has 0 aromatic heterocycles. The minimum Gasteiger partial charge on any atom is -0.481 e. The van der Waals surface area contributed by atoms with Gasteiger partial charge in [0.25, 0.3) is 0 Å². The van der Waals surface area contributed by atoms with Gasteiger partial charge in [-0.05, 0) is 18.3 Å². The molecule has 0 radical (unpaired) electrons. The molecular formula is C10H14F3NO3. The highest BCUT2D eigenvalue weighted by Crippen LogP contribution is 2.29. The Hall–Kier alpha value is -1.27. The summed E-state index contributed by atoms with van der Waals surface area (Å²) in [7, 11) is 0. The lowest BCUT2D eigenvalue weighted by atomic mass is 9.84. The van der Waals surface area contributed by atoms with E-state index in [0.717, 1.165) is 0 Å². The Kier molecular flexibility index (Phi) is 4.00. The van der Waals surface area contributed by atoms with Crippen LogP contribution in [-0.4, -0.2) is 41.1 Å². The third-order valence-electron chi connectivity index (χ3n) is 3.08. The normalized spacial score (nSPS) is 25.8. The zero-order chi connectivity index (χ0) is 13.2. The molecule has 0 bridgehead atoms. The zero-order valence-corrected chi connectivity index (χ0v) is 9.33. The lowest BCUT2D eigenvalue weighted by Crippen LogP contribution is -2.48. The van der Waals surface area contributed by atoms with Crippen LogP contribution in [0.25, 0.3) is 0 Å². The number of nitrogens with zero attached hydrogens (tertiary/aromatic N) is 1. The average Bonchev–Trinajstić information content (AvgIpc) is 2.18. The SMILES string of the molecule is CC1CCN(C(=O)C(F)(F)F)CC1CC(=O)O. The Morgan fingerprint density at radius 1 is 1.41 bits per heavy atom. The number of aliphatic carboxylic acids is 1. The van der Waals surface area contributed by atoms with E-state index in [1.54, 1.807) is 6.92 Å². The number of halogens is 3. The number of carbonyl (C=O) groups excluding carboxylic acids is 1. The van der Waals surface area contributed by atoms with E-state index in [-0.39, 0.29) is 25.4 Å². The summed E-state index contributed by atoms with van der Waals surface area (Å²) in [5.41, 5.74) is 0. The van der Waals surface area contributed by atoms with Gasteiger partial charge in [-0.1, -0.05) is 6.92 Å². The standard InChI is InChI=1S/C10H14F3NO3/c1-6-2-3-14(9(17)10(11,12)13)5-7(6)4-8(15)16/h6-7H,2-5H2,1H3,(H,15,16). The molecule has 1 fully saturated rings. The second-order valence-corrected chi connectivity index (χ2v) is 4.37. The van der Waals surface area contributed by atoms with Crippen LogP contribution < -0.4 is 0 Å². The van der Waals surface area contributed by atoms with Crippen LogP contribution in [0.5, 0.6) is 0 Å². The van der Waals surface area contributed by atoms with E-state index in [1.807, 2.05) is 0 Å². The molecule has 1 rings (SSSR count). The second-order valence-electron chi connectivity index (χ2n) is 4.37. The number of carboxylic acid groups (broad SMARTS) is 1. The van der Waals surface area contributed by atoms with E-state index in [2.05, 4.69) is 0 Å². The van der Waals surface area contributed by atoms with Gasteiger partial charge in [-0.2, -0.15) is 13.2 Å². The maximum Gasteiger partial charge on any atom is 0.471 e. The van der Waals surface area contributed by atoms with Gasteiger partial charge >= 0.3 is 18.1 Å². The van der Waals surface area contributed by atoms with Gasteiger partial charge in [0.2, 0.25) is 0 Å². The summed E-state index contributed by atoms with van der Waals surface area (Å²) in [6, 6.07) is 0. The van der Waals surface area contributed by atoms with Crippen LogP contribution in [0.3, 0.4) is 0 Å². The predicted molar refractivity (Wildman–Crippen MR) is 52.2 cm³/mol. The smallest absolute Gasteiger partial charge is 0.471 e. The van der Waals surface area contributed by atoms with E-state index < -0.39 is 24.0 Å². The molecule has 1 aliphatic heterocycles. The predicted octanol–water partition coefficient (Wildman–Crippen LogP) is 1.51. The molecule has 0 spiro atoms. The summed E-state index contributed by atoms with van der Waals surface area (Å²) in [4.78, 5) is 22.3. The van der Waals surface area contributed by atoms with Crippen molar-refractivity contribution in [1.29, 1.82) is 0 Å². The van der Waals surface area contributed by atoms with Crippen molar-refractivity contribution in [2.24, 2.45) is 11.8 Å². The lowest BCUT2D eigenvalue weighted by Gasteiger charge is -2.36. The van der Waals surface area contributed by atoms with Crippen LogP contribution in [0.15, 0.2) is 0 Å². The molecule has 1 aliphatic rings. The molecule has 2 atom stereocenters. The highest BCUT2D eigenvalue weighted by Gasteiger charge is 2.44. The molecule has 0 aliphatic carbocycles. The monoisotopic (exact) mass is 253 g/mol. The first-order chi connectivity index (χ1) is 7.71. The van der Waals surface area contributed by atoms with Gasteiger partial charge in [0.1, 0.15) is 0 Å². The molecular weight excluding hydrogens is 239 g/mol. The summed E-state index contributed by atoms with van der Waals surface area (Å²) in [6.45, 7) is 1.70. The maximum absolute atomic E-state index is 12.2. The first-order valence-corrected chi connectivity index (χ1v) is 5.29. The molecule has 0 aromatic rings. The second kappa shape index (κ2) is 4.93. The first kappa shape index (κ1) is 13.8. The minimum atomic E-state index is -4.88. The number of alkyl halides is 3. The van der Waals surface area contributed by atoms with E-state index in [4.69, 9.17) is 5.11 Å². The molecule has 4 nitrogen and oxygen atoms in total. The van der Waals surface area contributed by atoms with Crippen molar-refractivity contribution in [3.8, 4) is 0 Å². The van der Waals surface area contributed by atoms with E-state index in [0.29, 0.717) is 11.3 Å². The van der Waals surface area contributed by atoms with Gasteiger partial charge in [0, 0.05) is 13.1 Å². The largest absolute Gasteiger partial charge is 0.481 e. The summed E-state index contributed by atoms with van der Waals surface area (Å²) in [5.74, 6) is -3.32. The number of carbonyl (C=O) groups is 2. The molecule has 1 heterocycles. The van der Waals surface area contributed by atoms with Gasteiger partial charge in [0.05, 0.1) is 6.42 Å². The van der Waals surface area contributed by atoms with Crippen molar-refractivity contribution in [3.05, 3.63) is 0 Å². The molecule has 2 unspecified atom stereocenters. The van der Waals surface area contributed by atoms with Crippen molar-refractivity contribution in [2.45, 2.75) is 25.9 Å². The van der Waals surface area contributed by atoms with Crippen LogP contribution in [-0.2, 0) is 9.59 Å². The fraction of sp³-hybridized carbons (Fsp3) is 0.800. The molecule has 0 aromatic carbocycles. The Morgan fingerprint density at radius 2 is 2.00 bits per heavy atom. The summed E-state index contributed by atoms with van der Waals surface area (Å²) in [5, 5.41) is 8.64. The van der Waals surface area contributed by atoms with E-state index >= 15 is 0 Å². The van der Waals surface area contributed by atoms with Crippen LogP contribution in [0, 0.1) is 11.8 Å². The molecule has 17 heavy (non-hydrogen) atoms. The molecule has 1 N–H and O–H groups in total. The number of carboxylic acids is 1. The lowest BCUT2D eigenvalue weighted by molar-refractivity contribution is -0.188. The highest BCUT2D eigenvalue weighted by atomic mass is 19.4. The number of rotatable bonds is 2. The molecule has 0 saturated carbocycles. The highest BCUT2D eigenvalue weighted by molar-refractivity contribution is 5.82. The van der Waals surface area contributed by atoms with Gasteiger partial charge < -0.3 is 10.0 Å². The molecule has 98 valence electrons. The molecule has 1 amide bonds. The van der Waals surface area contributed by atoms with Crippen LogP contribution >= 0.6 is 0 Å². The Labute approximate surface area is 96.4 Å². The van der Waals surface area contributed by atoms with Crippen molar-refractivity contribution < 1.29 is 27.9 Å². The first-order valence-electron chi connectivity index (χ1n) is 5.29. The number of amides is 1. The number of hydrogen-bond acceptors (Lipinski definition) is 2. The quantitative estimate of drug-likeness (QED) is 0.811. The van der Waals surface area contributed by atoms with Crippen LogP contribution in [0.4, 0.5) is 13.2 Å². The Bertz CT molecular complexity index is 316. The van der Waals surface area contributed by atoms with Crippen molar-refractivity contribution in [3.63, 3.8) is 0 Å². The Balaban J connectivity index is 2.67. The molecule has 7 heteroatoms. The van der Waals surface area contributed by atoms with Gasteiger partial charge in [0.15, 0.2) is 0 Å². The van der Waals surface area contributed by atoms with Crippen molar-refractivity contribution in [2.75, 3.05) is 13.1 Å². The van der Waals surface area contributed by atoms with Crippen molar-refractivity contribution >= 4 is 11.9 Å². The van der Waals surface area contributed by atoms with Crippen LogP contribution in [0.2, 0.25) is 0 Å². The van der Waals surface area contributed by atoms with E-state index in [1.165, 1.54) is 0 Å². The third-order valence-corrected chi connectivity index (χ3v) is 3.08. The van der Waals surface area contributed by atoms with Crippen LogP contribution in [0.1, 0.15) is 19.8 Å². The third kappa shape index (κ3) is 3.61. The van der Waals surface area contributed by atoms with Gasteiger partial charge in [-0.15, -0.1) is 0 Å². The van der Waals surface area contributed by atoms with E-state index in [9.17, 15) is 22.8 Å². The average molecular weight is 253 g/mol.